The molecule has 0 aromatic heterocycles. The highest BCUT2D eigenvalue weighted by atomic mass is 15.0. The zero-order valence-corrected chi connectivity index (χ0v) is 8.90. The normalized spacial score (nSPS) is 23.8. The molecule has 0 aromatic rings. The van der Waals surface area contributed by atoms with Crippen molar-refractivity contribution in [1.82, 2.24) is 4.90 Å². The number of allylic oxidation sites excluding steroid dienone is 7. The van der Waals surface area contributed by atoms with Crippen molar-refractivity contribution in [3.63, 3.8) is 0 Å². The lowest BCUT2D eigenvalue weighted by Gasteiger charge is -2.17. The lowest BCUT2D eigenvalue weighted by atomic mass is 9.90. The first-order valence-electron chi connectivity index (χ1n) is 5.17. The van der Waals surface area contributed by atoms with E-state index in [1.807, 2.05) is 0 Å². The van der Waals surface area contributed by atoms with Crippen molar-refractivity contribution in [2.45, 2.75) is 6.42 Å². The lowest BCUT2D eigenvalue weighted by molar-refractivity contribution is 0.410. The minimum absolute atomic E-state index is 0.569. The van der Waals surface area contributed by atoms with E-state index in [0.717, 1.165) is 6.54 Å². The molecule has 0 saturated carbocycles. The Hall–Kier alpha value is -1.08. The Morgan fingerprint density at radius 1 is 1.21 bits per heavy atom. The third-order valence-corrected chi connectivity index (χ3v) is 2.80. The van der Waals surface area contributed by atoms with Gasteiger partial charge in [0.25, 0.3) is 0 Å². The molecule has 0 fully saturated rings. The van der Waals surface area contributed by atoms with Crippen LogP contribution in [0.5, 0.6) is 0 Å². The summed E-state index contributed by atoms with van der Waals surface area (Å²) in [5, 5.41) is 0. The third kappa shape index (κ3) is 1.88. The molecule has 0 aliphatic heterocycles. The van der Waals surface area contributed by atoms with Gasteiger partial charge in [0.15, 0.2) is 0 Å². The smallest absolute Gasteiger partial charge is 0.0235 e. The van der Waals surface area contributed by atoms with Crippen molar-refractivity contribution in [2.75, 3.05) is 20.6 Å². The molecule has 0 spiro atoms. The van der Waals surface area contributed by atoms with Gasteiger partial charge in [-0.1, -0.05) is 42.0 Å². The maximum atomic E-state index is 2.29. The first-order chi connectivity index (χ1) is 6.77. The van der Waals surface area contributed by atoms with Crippen LogP contribution in [0.25, 0.3) is 0 Å². The second-order valence-corrected chi connectivity index (χ2v) is 4.18. The van der Waals surface area contributed by atoms with Crippen LogP contribution in [0.4, 0.5) is 0 Å². The molecule has 0 bridgehead atoms. The van der Waals surface area contributed by atoms with Gasteiger partial charge in [0.2, 0.25) is 0 Å². The van der Waals surface area contributed by atoms with Crippen LogP contribution in [0.3, 0.4) is 0 Å². The first kappa shape index (κ1) is 9.47. The van der Waals surface area contributed by atoms with E-state index in [1.165, 1.54) is 12.0 Å². The zero-order chi connectivity index (χ0) is 9.97. The maximum Gasteiger partial charge on any atom is 0.0235 e. The Kier molecular flexibility index (Phi) is 2.69. The Labute approximate surface area is 86.1 Å². The molecule has 2 aliphatic carbocycles. The highest BCUT2D eigenvalue weighted by molar-refractivity contribution is 5.47. The summed E-state index contributed by atoms with van der Waals surface area (Å²) in [4.78, 5) is 2.24. The molecule has 2 rings (SSSR count). The van der Waals surface area contributed by atoms with Gasteiger partial charge in [0.1, 0.15) is 0 Å². The first-order valence-corrected chi connectivity index (χ1v) is 5.17. The second-order valence-electron chi connectivity index (χ2n) is 4.18. The van der Waals surface area contributed by atoms with Crippen LogP contribution in [-0.2, 0) is 0 Å². The molecule has 1 atom stereocenters. The summed E-state index contributed by atoms with van der Waals surface area (Å²) in [6, 6.07) is 0. The minimum Gasteiger partial charge on any atom is -0.309 e. The van der Waals surface area contributed by atoms with Crippen molar-refractivity contribution < 1.29 is 0 Å². The predicted octanol–water partition coefficient (Wildman–Crippen LogP) is 2.55. The predicted molar refractivity (Wildman–Crippen MR) is 61.1 cm³/mol. The molecule has 14 heavy (non-hydrogen) atoms. The van der Waals surface area contributed by atoms with E-state index in [1.54, 1.807) is 5.57 Å². The molecule has 0 radical (unpaired) electrons. The SMILES string of the molecule is CN(C)CCC1=CC=C2C=CC=CC21. The molecule has 0 aromatic carbocycles. The lowest BCUT2D eigenvalue weighted by Crippen LogP contribution is -2.15. The van der Waals surface area contributed by atoms with E-state index >= 15 is 0 Å². The molecule has 0 amide bonds. The van der Waals surface area contributed by atoms with Crippen LogP contribution in [0.15, 0.2) is 47.6 Å². The number of fused-ring (bicyclic) bond motifs is 1. The molecule has 1 heteroatoms. The summed E-state index contributed by atoms with van der Waals surface area (Å²) in [6.07, 6.45) is 14.5. The summed E-state index contributed by atoms with van der Waals surface area (Å²) in [7, 11) is 4.25. The number of rotatable bonds is 3. The quantitative estimate of drug-likeness (QED) is 0.656. The summed E-state index contributed by atoms with van der Waals surface area (Å²) < 4.78 is 0. The van der Waals surface area contributed by atoms with Crippen LogP contribution < -0.4 is 0 Å². The summed E-state index contributed by atoms with van der Waals surface area (Å²) >= 11 is 0. The van der Waals surface area contributed by atoms with E-state index in [2.05, 4.69) is 55.5 Å². The van der Waals surface area contributed by atoms with E-state index in [9.17, 15) is 0 Å². The monoisotopic (exact) mass is 187 g/mol. The third-order valence-electron chi connectivity index (χ3n) is 2.80. The van der Waals surface area contributed by atoms with Crippen LogP contribution in [-0.4, -0.2) is 25.5 Å². The van der Waals surface area contributed by atoms with Gasteiger partial charge in [-0.25, -0.2) is 0 Å². The fourth-order valence-electron chi connectivity index (χ4n) is 1.95. The number of nitrogens with zero attached hydrogens (tertiary/aromatic N) is 1. The zero-order valence-electron chi connectivity index (χ0n) is 8.90. The van der Waals surface area contributed by atoms with Crippen molar-refractivity contribution in [3.05, 3.63) is 47.6 Å². The van der Waals surface area contributed by atoms with Gasteiger partial charge in [0.05, 0.1) is 0 Å². The second kappa shape index (κ2) is 3.97. The molecular weight excluding hydrogens is 170 g/mol. The van der Waals surface area contributed by atoms with Gasteiger partial charge in [-0.15, -0.1) is 0 Å². The van der Waals surface area contributed by atoms with Crippen LogP contribution in [0.1, 0.15) is 6.42 Å². The van der Waals surface area contributed by atoms with Gasteiger partial charge in [-0.05, 0) is 26.1 Å². The van der Waals surface area contributed by atoms with Crippen LogP contribution in [0, 0.1) is 5.92 Å². The van der Waals surface area contributed by atoms with Gasteiger partial charge < -0.3 is 4.90 Å². The van der Waals surface area contributed by atoms with E-state index < -0.39 is 0 Å². The highest BCUT2D eigenvalue weighted by Crippen LogP contribution is 2.33. The summed E-state index contributed by atoms with van der Waals surface area (Å²) in [6.45, 7) is 1.14. The number of hydrogen-bond donors (Lipinski definition) is 0. The molecular formula is C13H17N. The van der Waals surface area contributed by atoms with Crippen LogP contribution in [0.2, 0.25) is 0 Å². The summed E-state index contributed by atoms with van der Waals surface area (Å²) in [5.41, 5.74) is 3.00. The van der Waals surface area contributed by atoms with Gasteiger partial charge in [-0.3, -0.25) is 0 Å². The van der Waals surface area contributed by atoms with Crippen molar-refractivity contribution in [2.24, 2.45) is 5.92 Å². The van der Waals surface area contributed by atoms with Crippen molar-refractivity contribution in [3.8, 4) is 0 Å². The average Bonchev–Trinajstić information content (AvgIpc) is 2.58. The van der Waals surface area contributed by atoms with E-state index in [4.69, 9.17) is 0 Å². The molecule has 1 nitrogen and oxygen atoms in total. The minimum atomic E-state index is 0.569. The average molecular weight is 187 g/mol. The van der Waals surface area contributed by atoms with Crippen molar-refractivity contribution >= 4 is 0 Å². The van der Waals surface area contributed by atoms with Crippen LogP contribution >= 0.6 is 0 Å². The van der Waals surface area contributed by atoms with Gasteiger partial charge in [0, 0.05) is 12.5 Å². The molecule has 0 N–H and O–H groups in total. The Morgan fingerprint density at radius 2 is 2.07 bits per heavy atom. The fourth-order valence-corrected chi connectivity index (χ4v) is 1.95. The largest absolute Gasteiger partial charge is 0.309 e. The molecule has 2 aliphatic rings. The maximum absolute atomic E-state index is 2.29. The fraction of sp³-hybridized carbons (Fsp3) is 0.385. The van der Waals surface area contributed by atoms with Crippen molar-refractivity contribution in [1.29, 1.82) is 0 Å². The summed E-state index contributed by atoms with van der Waals surface area (Å²) in [5.74, 6) is 0.569. The van der Waals surface area contributed by atoms with Gasteiger partial charge in [-0.2, -0.15) is 0 Å². The molecule has 0 saturated heterocycles. The number of hydrogen-bond acceptors (Lipinski definition) is 1. The molecule has 1 unspecified atom stereocenters. The Morgan fingerprint density at radius 3 is 2.86 bits per heavy atom. The van der Waals surface area contributed by atoms with E-state index in [-0.39, 0.29) is 0 Å². The highest BCUT2D eigenvalue weighted by Gasteiger charge is 2.19. The Bertz CT molecular complexity index is 329. The Balaban J connectivity index is 1.98. The van der Waals surface area contributed by atoms with Gasteiger partial charge >= 0.3 is 0 Å². The molecule has 74 valence electrons. The topological polar surface area (TPSA) is 3.24 Å². The standard InChI is InChI=1S/C13H17N/c1-14(2)10-9-12-8-7-11-5-3-4-6-13(11)12/h3-8,13H,9-10H2,1-2H3. The molecule has 0 heterocycles. The van der Waals surface area contributed by atoms with E-state index in [0.29, 0.717) is 5.92 Å².